The van der Waals surface area contributed by atoms with Crippen molar-refractivity contribution in [2.24, 2.45) is 0 Å². The second kappa shape index (κ2) is 14.2. The molecule has 3 atom stereocenters. The SMILES string of the molecule is CCCOC1C[C@@H](OC(=O)c2cccnc2)C[C@H](/C=C/c2c(-c3ccc(F)cc3)nc(N(C)S(C)(=O)=O)nc2C(C)C)O1. The number of hydrogen-bond donors (Lipinski definition) is 0. The predicted octanol–water partition coefficient (Wildman–Crippen LogP) is 5.37. The third-order valence-electron chi connectivity index (χ3n) is 6.84. The van der Waals surface area contributed by atoms with E-state index in [4.69, 9.17) is 14.2 Å². The Kier molecular flexibility index (Phi) is 10.6. The molecular weight excluding hydrogens is 575 g/mol. The van der Waals surface area contributed by atoms with Crippen molar-refractivity contribution >= 4 is 28.0 Å². The summed E-state index contributed by atoms with van der Waals surface area (Å²) in [5.41, 5.74) is 2.62. The van der Waals surface area contributed by atoms with Crippen LogP contribution >= 0.6 is 0 Å². The highest BCUT2D eigenvalue weighted by Gasteiger charge is 2.32. The lowest BCUT2D eigenvalue weighted by atomic mass is 9.96. The highest BCUT2D eigenvalue weighted by Crippen LogP contribution is 2.33. The van der Waals surface area contributed by atoms with Gasteiger partial charge in [-0.3, -0.25) is 4.98 Å². The van der Waals surface area contributed by atoms with Crippen molar-refractivity contribution in [1.82, 2.24) is 15.0 Å². The summed E-state index contributed by atoms with van der Waals surface area (Å²) >= 11 is 0. The number of pyridine rings is 1. The standard InChI is InChI=1S/C31H37FN4O6S/c1-6-16-40-27-18-25(42-30(37)22-8-7-15-33-19-22)17-24(41-27)13-14-26-28(20(2)3)34-31(36(4)43(5,38)39)35-29(26)21-9-11-23(32)12-10-21/h7-15,19-20,24-25,27H,6,16-18H2,1-5H3/b14-13+/t24-,25-,27?/m0/s1. The summed E-state index contributed by atoms with van der Waals surface area (Å²) in [5.74, 6) is -0.994. The molecule has 2 aromatic heterocycles. The van der Waals surface area contributed by atoms with Gasteiger partial charge < -0.3 is 14.2 Å². The molecule has 1 aliphatic heterocycles. The van der Waals surface area contributed by atoms with Crippen LogP contribution in [-0.4, -0.2) is 67.7 Å². The van der Waals surface area contributed by atoms with Crippen molar-refractivity contribution < 1.29 is 31.8 Å². The summed E-state index contributed by atoms with van der Waals surface area (Å²) in [5, 5.41) is 0. The van der Waals surface area contributed by atoms with Gasteiger partial charge in [-0.15, -0.1) is 0 Å². The molecule has 0 aliphatic carbocycles. The molecule has 43 heavy (non-hydrogen) atoms. The molecule has 0 radical (unpaired) electrons. The summed E-state index contributed by atoms with van der Waals surface area (Å²) in [6.45, 7) is 6.37. The number of esters is 1. The zero-order chi connectivity index (χ0) is 31.1. The second-order valence-electron chi connectivity index (χ2n) is 10.6. The van der Waals surface area contributed by atoms with Gasteiger partial charge in [0.05, 0.1) is 29.3 Å². The van der Waals surface area contributed by atoms with E-state index in [1.165, 1.54) is 25.4 Å². The Labute approximate surface area is 252 Å². The molecule has 230 valence electrons. The van der Waals surface area contributed by atoms with Crippen molar-refractivity contribution in [1.29, 1.82) is 0 Å². The first-order valence-corrected chi connectivity index (χ1v) is 16.0. The van der Waals surface area contributed by atoms with Gasteiger partial charge in [0, 0.05) is 50.0 Å². The van der Waals surface area contributed by atoms with Crippen LogP contribution in [-0.2, 0) is 24.2 Å². The van der Waals surface area contributed by atoms with Crippen molar-refractivity contribution in [3.8, 4) is 11.3 Å². The maximum Gasteiger partial charge on any atom is 0.339 e. The molecule has 12 heteroatoms. The van der Waals surface area contributed by atoms with Gasteiger partial charge in [-0.2, -0.15) is 0 Å². The molecule has 1 aromatic carbocycles. The third-order valence-corrected chi connectivity index (χ3v) is 8.00. The van der Waals surface area contributed by atoms with Gasteiger partial charge in [0.2, 0.25) is 16.0 Å². The van der Waals surface area contributed by atoms with Crippen LogP contribution in [0.4, 0.5) is 10.3 Å². The molecule has 1 fully saturated rings. The van der Waals surface area contributed by atoms with Crippen LogP contribution in [0.25, 0.3) is 17.3 Å². The number of carbonyl (C=O) groups excluding carboxylic acids is 1. The third kappa shape index (κ3) is 8.43. The fourth-order valence-electron chi connectivity index (χ4n) is 4.56. The molecule has 1 saturated heterocycles. The molecule has 1 aliphatic rings. The van der Waals surface area contributed by atoms with Crippen molar-refractivity contribution in [2.75, 3.05) is 24.2 Å². The average molecular weight is 613 g/mol. The Morgan fingerprint density at radius 3 is 2.56 bits per heavy atom. The molecule has 1 unspecified atom stereocenters. The molecule has 4 rings (SSSR count). The highest BCUT2D eigenvalue weighted by atomic mass is 32.2. The minimum absolute atomic E-state index is 0.00648. The molecule has 0 bridgehead atoms. The monoisotopic (exact) mass is 612 g/mol. The number of ether oxygens (including phenoxy) is 3. The van der Waals surface area contributed by atoms with E-state index in [1.807, 2.05) is 32.9 Å². The molecule has 0 saturated carbocycles. The maximum atomic E-state index is 13.8. The van der Waals surface area contributed by atoms with Gasteiger partial charge in [-0.25, -0.2) is 31.9 Å². The fourth-order valence-corrected chi connectivity index (χ4v) is 4.93. The first-order chi connectivity index (χ1) is 20.5. The van der Waals surface area contributed by atoms with Crippen LogP contribution in [0.15, 0.2) is 54.9 Å². The highest BCUT2D eigenvalue weighted by molar-refractivity contribution is 7.92. The Morgan fingerprint density at radius 1 is 1.19 bits per heavy atom. The van der Waals surface area contributed by atoms with Gasteiger partial charge in [-0.05, 0) is 48.7 Å². The van der Waals surface area contributed by atoms with E-state index in [0.29, 0.717) is 47.5 Å². The summed E-state index contributed by atoms with van der Waals surface area (Å²) in [6, 6.07) is 9.13. The topological polar surface area (TPSA) is 121 Å². The van der Waals surface area contributed by atoms with Crippen molar-refractivity contribution in [3.63, 3.8) is 0 Å². The minimum Gasteiger partial charge on any atom is -0.458 e. The number of hydrogen-bond acceptors (Lipinski definition) is 9. The van der Waals surface area contributed by atoms with Crippen LogP contribution < -0.4 is 4.31 Å². The van der Waals surface area contributed by atoms with Crippen molar-refractivity contribution in [3.05, 3.63) is 77.5 Å². The largest absolute Gasteiger partial charge is 0.458 e. The van der Waals surface area contributed by atoms with Crippen LogP contribution in [0.2, 0.25) is 0 Å². The summed E-state index contributed by atoms with van der Waals surface area (Å²) < 4.78 is 57.4. The lowest BCUT2D eigenvalue weighted by Gasteiger charge is -2.33. The first-order valence-electron chi connectivity index (χ1n) is 14.1. The molecule has 0 spiro atoms. The zero-order valence-corrected chi connectivity index (χ0v) is 25.8. The number of sulfonamides is 1. The Bertz CT molecular complexity index is 1530. The van der Waals surface area contributed by atoms with Crippen LogP contribution in [0.1, 0.15) is 67.6 Å². The van der Waals surface area contributed by atoms with Crippen LogP contribution in [0.3, 0.4) is 0 Å². The smallest absolute Gasteiger partial charge is 0.339 e. The number of aromatic nitrogens is 3. The normalized spacial score (nSPS) is 19.1. The maximum absolute atomic E-state index is 13.8. The molecule has 10 nitrogen and oxygen atoms in total. The number of benzene rings is 1. The Balaban J connectivity index is 1.71. The predicted molar refractivity (Wildman–Crippen MR) is 161 cm³/mol. The van der Waals surface area contributed by atoms with Crippen molar-refractivity contribution in [2.45, 2.75) is 64.4 Å². The molecule has 0 N–H and O–H groups in total. The molecule has 3 aromatic rings. The van der Waals surface area contributed by atoms with E-state index in [-0.39, 0.29) is 11.9 Å². The van der Waals surface area contributed by atoms with E-state index in [0.717, 1.165) is 17.0 Å². The van der Waals surface area contributed by atoms with Gasteiger partial charge in [0.15, 0.2) is 6.29 Å². The molecule has 0 amide bonds. The quantitative estimate of drug-likeness (QED) is 0.263. The van der Waals surface area contributed by atoms with Crippen LogP contribution in [0.5, 0.6) is 0 Å². The number of anilines is 1. The summed E-state index contributed by atoms with van der Waals surface area (Å²) in [4.78, 5) is 26.0. The van der Waals surface area contributed by atoms with E-state index < -0.39 is 40.3 Å². The van der Waals surface area contributed by atoms with Gasteiger partial charge >= 0.3 is 5.97 Å². The van der Waals surface area contributed by atoms with E-state index >= 15 is 0 Å². The lowest BCUT2D eigenvalue weighted by Crippen LogP contribution is -2.38. The number of halogens is 1. The van der Waals surface area contributed by atoms with Gasteiger partial charge in [0.1, 0.15) is 11.9 Å². The van der Waals surface area contributed by atoms with Gasteiger partial charge in [0.25, 0.3) is 0 Å². The van der Waals surface area contributed by atoms with E-state index in [2.05, 4.69) is 15.0 Å². The first kappa shape index (κ1) is 32.2. The summed E-state index contributed by atoms with van der Waals surface area (Å²) in [7, 11) is -2.26. The number of nitrogens with zero attached hydrogens (tertiary/aromatic N) is 4. The van der Waals surface area contributed by atoms with Crippen LogP contribution in [0, 0.1) is 5.82 Å². The fraction of sp³-hybridized carbons (Fsp3) is 0.419. The number of carbonyl (C=O) groups is 1. The lowest BCUT2D eigenvalue weighted by molar-refractivity contribution is -0.203. The van der Waals surface area contributed by atoms with E-state index in [9.17, 15) is 17.6 Å². The molecule has 3 heterocycles. The van der Waals surface area contributed by atoms with E-state index in [1.54, 1.807) is 30.5 Å². The Hall–Kier alpha value is -3.74. The zero-order valence-electron chi connectivity index (χ0n) is 24.9. The average Bonchev–Trinajstić information content (AvgIpc) is 2.98. The second-order valence-corrected chi connectivity index (χ2v) is 12.7. The Morgan fingerprint density at radius 2 is 1.93 bits per heavy atom. The molecular formula is C31H37FN4O6S. The summed E-state index contributed by atoms with van der Waals surface area (Å²) in [6.07, 6.45) is 7.80. The number of rotatable bonds is 11. The van der Waals surface area contributed by atoms with Gasteiger partial charge in [-0.1, -0.05) is 32.9 Å². The minimum atomic E-state index is -3.65.